The highest BCUT2D eigenvalue weighted by molar-refractivity contribution is 5.80. The van der Waals surface area contributed by atoms with Crippen molar-refractivity contribution < 1.29 is 0 Å². The Kier molecular flexibility index (Phi) is 7.88. The molecule has 7 heteroatoms. The van der Waals surface area contributed by atoms with Crippen LogP contribution in [0.4, 0.5) is 5.82 Å². The van der Waals surface area contributed by atoms with Crippen molar-refractivity contribution in [3.63, 3.8) is 0 Å². The van der Waals surface area contributed by atoms with Crippen LogP contribution in [0.2, 0.25) is 0 Å². The van der Waals surface area contributed by atoms with E-state index in [4.69, 9.17) is 5.73 Å². The van der Waals surface area contributed by atoms with E-state index in [1.807, 2.05) is 30.3 Å². The van der Waals surface area contributed by atoms with Crippen LogP contribution in [0.3, 0.4) is 0 Å². The van der Waals surface area contributed by atoms with Crippen LogP contribution in [0.1, 0.15) is 45.4 Å². The zero-order valence-corrected chi connectivity index (χ0v) is 17.2. The molecule has 0 aliphatic heterocycles. The van der Waals surface area contributed by atoms with Gasteiger partial charge in [-0.25, -0.2) is 4.68 Å². The normalized spacial score (nSPS) is 12.6. The minimum absolute atomic E-state index is 0.337. The molecule has 0 radical (unpaired) electrons. The third-order valence-corrected chi connectivity index (χ3v) is 4.66. The molecule has 4 N–H and O–H groups in total. The Balaban J connectivity index is 2.05. The second kappa shape index (κ2) is 10.4. The summed E-state index contributed by atoms with van der Waals surface area (Å²) in [7, 11) is 0. The molecule has 1 aromatic carbocycles. The number of rotatable bonds is 8. The zero-order chi connectivity index (χ0) is 20.5. The number of aromatic nitrogens is 2. The van der Waals surface area contributed by atoms with Crippen LogP contribution >= 0.6 is 0 Å². The molecule has 0 fully saturated rings. The summed E-state index contributed by atoms with van der Waals surface area (Å²) in [6.07, 6.45) is 1.43. The highest BCUT2D eigenvalue weighted by atomic mass is 15.3. The number of nitrogens with zero attached hydrogens (tertiary/aromatic N) is 4. The monoisotopic (exact) mass is 381 g/mol. The topological polar surface area (TPSA) is 104 Å². The molecule has 0 spiro atoms. The maximum atomic E-state index is 9.49. The van der Waals surface area contributed by atoms with Crippen molar-refractivity contribution in [3.8, 4) is 11.8 Å². The summed E-state index contributed by atoms with van der Waals surface area (Å²) in [6, 6.07) is 12.1. The van der Waals surface area contributed by atoms with Gasteiger partial charge in [-0.3, -0.25) is 4.99 Å². The van der Waals surface area contributed by atoms with E-state index in [-0.39, 0.29) is 0 Å². The molecular weight excluding hydrogens is 350 g/mol. The van der Waals surface area contributed by atoms with E-state index in [0.717, 1.165) is 24.6 Å². The van der Waals surface area contributed by atoms with E-state index in [0.29, 0.717) is 42.0 Å². The summed E-state index contributed by atoms with van der Waals surface area (Å²) >= 11 is 0. The van der Waals surface area contributed by atoms with Gasteiger partial charge in [0, 0.05) is 19.1 Å². The summed E-state index contributed by atoms with van der Waals surface area (Å²) in [5.41, 5.74) is 8.17. The lowest BCUT2D eigenvalue weighted by molar-refractivity contribution is 0.481. The molecule has 0 amide bonds. The number of hydrogen-bond donors (Lipinski definition) is 3. The number of aryl methyl sites for hydroxylation is 1. The molecule has 1 unspecified atom stereocenters. The molecule has 28 heavy (non-hydrogen) atoms. The molecule has 0 bridgehead atoms. The molecule has 0 aliphatic rings. The van der Waals surface area contributed by atoms with E-state index in [1.54, 1.807) is 4.68 Å². The maximum Gasteiger partial charge on any atom is 0.191 e. The predicted octanol–water partition coefficient (Wildman–Crippen LogP) is 2.86. The number of nitrogens with one attached hydrogen (secondary N) is 2. The molecule has 2 rings (SSSR count). The van der Waals surface area contributed by atoms with Gasteiger partial charge in [0.05, 0.1) is 11.4 Å². The van der Waals surface area contributed by atoms with Gasteiger partial charge in [0.25, 0.3) is 0 Å². The highest BCUT2D eigenvalue weighted by Crippen LogP contribution is 2.21. The Hall–Kier alpha value is -3.01. The number of nitriles is 1. The van der Waals surface area contributed by atoms with E-state index in [2.05, 4.69) is 54.5 Å². The molecule has 0 saturated heterocycles. The summed E-state index contributed by atoms with van der Waals surface area (Å²) in [5, 5.41) is 20.8. The van der Waals surface area contributed by atoms with Gasteiger partial charge in [-0.1, -0.05) is 32.0 Å². The molecule has 1 aromatic heterocycles. The van der Waals surface area contributed by atoms with Crippen molar-refractivity contribution in [2.75, 3.05) is 18.8 Å². The minimum Gasteiger partial charge on any atom is -0.382 e. The van der Waals surface area contributed by atoms with Gasteiger partial charge in [-0.05, 0) is 44.7 Å². The van der Waals surface area contributed by atoms with Gasteiger partial charge in [0.15, 0.2) is 5.96 Å². The lowest BCUT2D eigenvalue weighted by atomic mass is 10.1. The van der Waals surface area contributed by atoms with E-state index < -0.39 is 0 Å². The number of benzene rings is 1. The quantitative estimate of drug-likeness (QED) is 0.370. The molecule has 2 aromatic rings. The first kappa shape index (κ1) is 21.3. The molecule has 7 nitrogen and oxygen atoms in total. The van der Waals surface area contributed by atoms with Crippen LogP contribution in [0, 0.1) is 17.2 Å². The van der Waals surface area contributed by atoms with E-state index in [1.165, 1.54) is 0 Å². The fraction of sp³-hybridized carbons (Fsp3) is 0.476. The van der Waals surface area contributed by atoms with Crippen molar-refractivity contribution in [1.29, 1.82) is 5.26 Å². The summed E-state index contributed by atoms with van der Waals surface area (Å²) in [4.78, 5) is 4.64. The average molecular weight is 382 g/mol. The predicted molar refractivity (Wildman–Crippen MR) is 114 cm³/mol. The maximum absolute atomic E-state index is 9.49. The minimum atomic E-state index is 0.337. The standard InChI is InChI=1S/C21H31N7/c1-5-24-21(26-16(4)15(2)3)25-13-9-12-19-18(14-22)20(23)28(27-19)17-10-7-6-8-11-17/h6-8,10-11,15-16H,5,9,12-13,23H2,1-4H3,(H2,24,25,26). The summed E-state index contributed by atoms with van der Waals surface area (Å²) in [5.74, 6) is 1.72. The number of nitrogens with two attached hydrogens (primary N) is 1. The van der Waals surface area contributed by atoms with Gasteiger partial charge in [0.1, 0.15) is 17.5 Å². The molecule has 150 valence electrons. The lowest BCUT2D eigenvalue weighted by Gasteiger charge is -2.20. The smallest absolute Gasteiger partial charge is 0.191 e. The number of para-hydroxylation sites is 1. The zero-order valence-electron chi connectivity index (χ0n) is 17.2. The molecule has 1 atom stereocenters. The fourth-order valence-corrected chi connectivity index (χ4v) is 2.68. The van der Waals surface area contributed by atoms with Crippen LogP contribution in [-0.4, -0.2) is 34.9 Å². The van der Waals surface area contributed by atoms with Gasteiger partial charge in [-0.15, -0.1) is 0 Å². The number of nitrogen functional groups attached to an aromatic ring is 1. The molecular formula is C21H31N7. The number of hydrogen-bond acceptors (Lipinski definition) is 4. The fourth-order valence-electron chi connectivity index (χ4n) is 2.68. The van der Waals surface area contributed by atoms with Crippen LogP contribution in [-0.2, 0) is 6.42 Å². The Bertz CT molecular complexity index is 815. The molecule has 1 heterocycles. The van der Waals surface area contributed by atoms with Crippen molar-refractivity contribution in [2.24, 2.45) is 10.9 Å². The van der Waals surface area contributed by atoms with Crippen LogP contribution < -0.4 is 16.4 Å². The second-order valence-electron chi connectivity index (χ2n) is 7.11. The second-order valence-corrected chi connectivity index (χ2v) is 7.11. The molecule has 0 saturated carbocycles. The Morgan fingerprint density at radius 1 is 1.29 bits per heavy atom. The summed E-state index contributed by atoms with van der Waals surface area (Å²) in [6.45, 7) is 10.0. The largest absolute Gasteiger partial charge is 0.382 e. The van der Waals surface area contributed by atoms with Crippen molar-refractivity contribution >= 4 is 11.8 Å². The van der Waals surface area contributed by atoms with Gasteiger partial charge >= 0.3 is 0 Å². The lowest BCUT2D eigenvalue weighted by Crippen LogP contribution is -2.44. The first-order valence-electron chi connectivity index (χ1n) is 9.85. The van der Waals surface area contributed by atoms with Gasteiger partial charge in [0.2, 0.25) is 0 Å². The van der Waals surface area contributed by atoms with Crippen molar-refractivity contribution in [2.45, 2.75) is 46.6 Å². The summed E-state index contributed by atoms with van der Waals surface area (Å²) < 4.78 is 1.63. The molecule has 0 aliphatic carbocycles. The third-order valence-electron chi connectivity index (χ3n) is 4.66. The first-order chi connectivity index (χ1) is 13.5. The Morgan fingerprint density at radius 3 is 2.61 bits per heavy atom. The van der Waals surface area contributed by atoms with Gasteiger partial charge < -0.3 is 16.4 Å². The van der Waals surface area contributed by atoms with Crippen LogP contribution in [0.25, 0.3) is 5.69 Å². The van der Waals surface area contributed by atoms with Crippen LogP contribution in [0.5, 0.6) is 0 Å². The van der Waals surface area contributed by atoms with Crippen molar-refractivity contribution in [1.82, 2.24) is 20.4 Å². The highest BCUT2D eigenvalue weighted by Gasteiger charge is 2.16. The third kappa shape index (κ3) is 5.49. The van der Waals surface area contributed by atoms with E-state index in [9.17, 15) is 5.26 Å². The Labute approximate surface area is 167 Å². The van der Waals surface area contributed by atoms with Crippen molar-refractivity contribution in [3.05, 3.63) is 41.6 Å². The SMILES string of the molecule is CCNC(=NCCCc1nn(-c2ccccc2)c(N)c1C#N)NC(C)C(C)C. The Morgan fingerprint density at radius 2 is 2.00 bits per heavy atom. The van der Waals surface area contributed by atoms with Crippen LogP contribution in [0.15, 0.2) is 35.3 Å². The number of guanidine groups is 1. The van der Waals surface area contributed by atoms with E-state index >= 15 is 0 Å². The number of anilines is 1. The van der Waals surface area contributed by atoms with Gasteiger partial charge in [-0.2, -0.15) is 10.4 Å². The number of aliphatic imine (C=N–C) groups is 1. The average Bonchev–Trinajstić information content (AvgIpc) is 3.01. The first-order valence-corrected chi connectivity index (χ1v) is 9.85.